The number of aliphatic hydroxyl groups excluding tert-OH is 1. The van der Waals surface area contributed by atoms with E-state index in [0.29, 0.717) is 19.3 Å². The number of aliphatic carboxylic acids is 1. The minimum atomic E-state index is -1.03. The van der Waals surface area contributed by atoms with Gasteiger partial charge in [0.15, 0.2) is 6.10 Å². The molecule has 0 radical (unpaired) electrons. The summed E-state index contributed by atoms with van der Waals surface area (Å²) in [5.74, 6) is -1.33. The van der Waals surface area contributed by atoms with Gasteiger partial charge in [-0.25, -0.2) is 4.79 Å². The zero-order valence-corrected chi connectivity index (χ0v) is 10.0. The number of carboxylic acids is 1. The molecule has 0 saturated carbocycles. The first kappa shape index (κ1) is 13.9. The number of carbonyl (C=O) groups excluding carboxylic acids is 1. The Bertz CT molecular complexity index is 292. The average molecular weight is 245 g/mol. The zero-order valence-electron chi connectivity index (χ0n) is 10.0. The molecule has 0 bridgehead atoms. The van der Waals surface area contributed by atoms with Crippen LogP contribution in [0.5, 0.6) is 0 Å². The van der Waals surface area contributed by atoms with Crippen molar-refractivity contribution >= 4 is 11.9 Å². The second-order valence-corrected chi connectivity index (χ2v) is 4.52. The van der Waals surface area contributed by atoms with Crippen molar-refractivity contribution in [1.82, 2.24) is 5.32 Å². The predicted octanol–water partition coefficient (Wildman–Crippen LogP) is -0.106. The van der Waals surface area contributed by atoms with Crippen LogP contribution >= 0.6 is 0 Å². The number of amides is 1. The summed E-state index contributed by atoms with van der Waals surface area (Å²) in [5.41, 5.74) is 0. The summed E-state index contributed by atoms with van der Waals surface area (Å²) in [5, 5.41) is 20.6. The topological polar surface area (TPSA) is 95.9 Å². The summed E-state index contributed by atoms with van der Waals surface area (Å²) >= 11 is 0. The van der Waals surface area contributed by atoms with Crippen molar-refractivity contribution in [2.45, 2.75) is 57.5 Å². The molecule has 1 heterocycles. The van der Waals surface area contributed by atoms with Gasteiger partial charge in [-0.1, -0.05) is 0 Å². The molecule has 6 heteroatoms. The molecule has 17 heavy (non-hydrogen) atoms. The van der Waals surface area contributed by atoms with Crippen LogP contribution in [0.4, 0.5) is 0 Å². The Morgan fingerprint density at radius 2 is 1.94 bits per heavy atom. The first-order valence-electron chi connectivity index (χ1n) is 5.77. The average Bonchev–Trinajstić information content (AvgIpc) is 2.64. The SMILES string of the molecule is CC(O)CC(C)NC(=O)[C@@H]1CC[C@H](C(=O)O)O1. The minimum absolute atomic E-state index is 0.157. The van der Waals surface area contributed by atoms with Crippen molar-refractivity contribution in [1.29, 1.82) is 0 Å². The number of rotatable bonds is 5. The molecule has 4 atom stereocenters. The molecule has 3 N–H and O–H groups in total. The van der Waals surface area contributed by atoms with Crippen LogP contribution in [0.2, 0.25) is 0 Å². The molecule has 98 valence electrons. The maximum Gasteiger partial charge on any atom is 0.332 e. The van der Waals surface area contributed by atoms with Crippen molar-refractivity contribution in [3.05, 3.63) is 0 Å². The van der Waals surface area contributed by atoms with Crippen molar-refractivity contribution in [2.24, 2.45) is 0 Å². The largest absolute Gasteiger partial charge is 0.479 e. The zero-order chi connectivity index (χ0) is 13.0. The van der Waals surface area contributed by atoms with E-state index in [9.17, 15) is 9.59 Å². The van der Waals surface area contributed by atoms with Gasteiger partial charge in [-0.05, 0) is 33.1 Å². The lowest BCUT2D eigenvalue weighted by molar-refractivity contribution is -0.151. The third-order valence-electron chi connectivity index (χ3n) is 2.67. The molecule has 1 aliphatic heterocycles. The number of hydrogen-bond acceptors (Lipinski definition) is 4. The maximum absolute atomic E-state index is 11.7. The van der Waals surface area contributed by atoms with Crippen molar-refractivity contribution in [2.75, 3.05) is 0 Å². The van der Waals surface area contributed by atoms with Crippen LogP contribution in [0.25, 0.3) is 0 Å². The molecule has 0 aliphatic carbocycles. The van der Waals surface area contributed by atoms with E-state index in [1.807, 2.05) is 0 Å². The van der Waals surface area contributed by atoms with Gasteiger partial charge in [-0.2, -0.15) is 0 Å². The lowest BCUT2D eigenvalue weighted by Crippen LogP contribution is -2.41. The minimum Gasteiger partial charge on any atom is -0.479 e. The van der Waals surface area contributed by atoms with E-state index >= 15 is 0 Å². The molecule has 1 amide bonds. The third-order valence-corrected chi connectivity index (χ3v) is 2.67. The van der Waals surface area contributed by atoms with Gasteiger partial charge in [0.05, 0.1) is 6.10 Å². The molecule has 1 saturated heterocycles. The van der Waals surface area contributed by atoms with E-state index in [1.54, 1.807) is 13.8 Å². The Kier molecular flexibility index (Phi) is 4.89. The van der Waals surface area contributed by atoms with Crippen LogP contribution in [-0.2, 0) is 14.3 Å². The van der Waals surface area contributed by atoms with Crippen LogP contribution in [0, 0.1) is 0 Å². The summed E-state index contributed by atoms with van der Waals surface area (Å²) < 4.78 is 5.12. The van der Waals surface area contributed by atoms with Gasteiger partial charge in [0.1, 0.15) is 6.10 Å². The van der Waals surface area contributed by atoms with E-state index in [4.69, 9.17) is 14.9 Å². The van der Waals surface area contributed by atoms with Crippen LogP contribution in [0.3, 0.4) is 0 Å². The fraction of sp³-hybridized carbons (Fsp3) is 0.818. The quantitative estimate of drug-likeness (QED) is 0.628. The highest BCUT2D eigenvalue weighted by atomic mass is 16.5. The van der Waals surface area contributed by atoms with Gasteiger partial charge in [0, 0.05) is 6.04 Å². The highest BCUT2D eigenvalue weighted by molar-refractivity contribution is 5.82. The van der Waals surface area contributed by atoms with Crippen molar-refractivity contribution < 1.29 is 24.5 Å². The molecule has 0 spiro atoms. The van der Waals surface area contributed by atoms with Gasteiger partial charge < -0.3 is 20.3 Å². The van der Waals surface area contributed by atoms with Gasteiger partial charge in [-0.15, -0.1) is 0 Å². The van der Waals surface area contributed by atoms with E-state index in [2.05, 4.69) is 5.32 Å². The van der Waals surface area contributed by atoms with E-state index < -0.39 is 24.3 Å². The molecular formula is C11H19NO5. The fourth-order valence-corrected chi connectivity index (χ4v) is 1.92. The second kappa shape index (κ2) is 5.97. The maximum atomic E-state index is 11.7. The van der Waals surface area contributed by atoms with E-state index in [1.165, 1.54) is 0 Å². The fourth-order valence-electron chi connectivity index (χ4n) is 1.92. The summed E-state index contributed by atoms with van der Waals surface area (Å²) in [4.78, 5) is 22.3. The first-order valence-corrected chi connectivity index (χ1v) is 5.77. The van der Waals surface area contributed by atoms with Gasteiger partial charge >= 0.3 is 5.97 Å². The normalized spacial score (nSPS) is 27.5. The van der Waals surface area contributed by atoms with Crippen LogP contribution in [0.1, 0.15) is 33.1 Å². The predicted molar refractivity (Wildman–Crippen MR) is 59.4 cm³/mol. The second-order valence-electron chi connectivity index (χ2n) is 4.52. The van der Waals surface area contributed by atoms with Crippen LogP contribution < -0.4 is 5.32 Å². The molecule has 1 fully saturated rings. The Morgan fingerprint density at radius 3 is 2.41 bits per heavy atom. The summed E-state index contributed by atoms with van der Waals surface area (Å²) in [6.45, 7) is 3.43. The molecular weight excluding hydrogens is 226 g/mol. The molecule has 0 aromatic rings. The van der Waals surface area contributed by atoms with Gasteiger partial charge in [0.2, 0.25) is 5.91 Å². The Labute approximate surface area is 100.0 Å². The van der Waals surface area contributed by atoms with Gasteiger partial charge in [0.25, 0.3) is 0 Å². The van der Waals surface area contributed by atoms with Crippen LogP contribution in [-0.4, -0.2) is 46.4 Å². The third kappa shape index (κ3) is 4.32. The molecule has 1 rings (SSSR count). The Morgan fingerprint density at radius 1 is 1.35 bits per heavy atom. The first-order chi connectivity index (χ1) is 7.90. The summed E-state index contributed by atoms with van der Waals surface area (Å²) in [6.07, 6.45) is -0.810. The standard InChI is InChI=1S/C11H19NO5/c1-6(5-7(2)13)12-10(14)8-3-4-9(17-8)11(15)16/h6-9,13H,3-5H2,1-2H3,(H,12,14)(H,15,16)/t6?,7?,8-,9+/m0/s1. The smallest absolute Gasteiger partial charge is 0.332 e. The Hall–Kier alpha value is -1.14. The van der Waals surface area contributed by atoms with Crippen molar-refractivity contribution in [3.8, 4) is 0 Å². The number of nitrogens with one attached hydrogen (secondary N) is 1. The summed E-state index contributed by atoms with van der Waals surface area (Å²) in [6, 6.07) is -0.157. The number of aliphatic hydroxyl groups is 1. The van der Waals surface area contributed by atoms with Crippen molar-refractivity contribution in [3.63, 3.8) is 0 Å². The molecule has 6 nitrogen and oxygen atoms in total. The molecule has 1 aliphatic rings. The summed E-state index contributed by atoms with van der Waals surface area (Å²) in [7, 11) is 0. The highest BCUT2D eigenvalue weighted by Gasteiger charge is 2.34. The molecule has 0 aromatic heterocycles. The lowest BCUT2D eigenvalue weighted by Gasteiger charge is -2.18. The monoisotopic (exact) mass is 245 g/mol. The molecule has 0 aromatic carbocycles. The molecule has 2 unspecified atom stereocenters. The number of carboxylic acid groups (broad SMARTS) is 1. The Balaban J connectivity index is 2.37. The highest BCUT2D eigenvalue weighted by Crippen LogP contribution is 2.20. The van der Waals surface area contributed by atoms with Crippen LogP contribution in [0.15, 0.2) is 0 Å². The van der Waals surface area contributed by atoms with E-state index in [0.717, 1.165) is 0 Å². The number of carbonyl (C=O) groups is 2. The lowest BCUT2D eigenvalue weighted by atomic mass is 10.1. The van der Waals surface area contributed by atoms with E-state index in [-0.39, 0.29) is 11.9 Å². The number of hydrogen-bond donors (Lipinski definition) is 3. The van der Waals surface area contributed by atoms with Gasteiger partial charge in [-0.3, -0.25) is 4.79 Å². The number of ether oxygens (including phenoxy) is 1.